The maximum atomic E-state index is 12.7. The van der Waals surface area contributed by atoms with Crippen molar-refractivity contribution in [1.82, 2.24) is 48.6 Å². The van der Waals surface area contributed by atoms with Crippen LogP contribution in [0.25, 0.3) is 106 Å². The van der Waals surface area contributed by atoms with Gasteiger partial charge in [-0.3, -0.25) is 28.3 Å². The molecule has 15 rings (SSSR count). The van der Waals surface area contributed by atoms with E-state index in [4.69, 9.17) is 94.8 Å². The number of nitrogens with zero attached hydrogens (tertiary/aromatic N) is 10. The number of aryl methyl sites for hydroxylation is 5. The van der Waals surface area contributed by atoms with Gasteiger partial charge in [0.25, 0.3) is 0 Å². The van der Waals surface area contributed by atoms with Crippen molar-refractivity contribution in [1.29, 1.82) is 0 Å². The summed E-state index contributed by atoms with van der Waals surface area (Å²) in [5, 5.41) is 26.8. The number of carboxylic acid groups (broad SMARTS) is 1. The number of fused-ring (bicyclic) bond motifs is 4. The van der Waals surface area contributed by atoms with Crippen molar-refractivity contribution in [2.45, 2.75) is 206 Å². The summed E-state index contributed by atoms with van der Waals surface area (Å²) in [6.07, 6.45) is 13.3. The number of rotatable bonds is 21. The molecule has 27 heteroatoms. The smallest absolute Gasteiger partial charge is 0.870 e. The van der Waals surface area contributed by atoms with Crippen LogP contribution in [-0.2, 0) is 42.8 Å². The van der Waals surface area contributed by atoms with Crippen molar-refractivity contribution in [2.75, 3.05) is 19.8 Å². The SMILES string of the molecule is Cc1cc2nc(-n3ccnc3)ccc2c(-c2ccc(Cl)cc2)c1[C@@H](CO)OC(C)(C)C.Cc1cc2nc(-n3ccnc3)ccc2c(-c2ccc(Cl)cc2)c1[C@@H](COC(=O)C(C)(C)C)OC(C)(C)C.Cc1cc2nc(-n3ccnc3)ccc2c(-c2ccc(Cl)cc2)c1[C@H](OC(C)(C)C)C(=O)O.Cc1ccc2c(-c3ccc(Cl)cc3)c([C@@H](COC(=O)C(C)(C)C)OC(C)(C)C)c(C)cc2n1.[Na+].[OH-]. The molecule has 7 aromatic heterocycles. The quantitative estimate of drug-likeness (QED) is 0.0499. The average molecular weight is 1910 g/mol. The number of carbonyl (C=O) groups is 3. The summed E-state index contributed by atoms with van der Waals surface area (Å²) in [5.74, 6) is 0.733. The van der Waals surface area contributed by atoms with Crippen LogP contribution >= 0.6 is 46.4 Å². The van der Waals surface area contributed by atoms with Gasteiger partial charge in [0.2, 0.25) is 0 Å². The van der Waals surface area contributed by atoms with E-state index in [1.165, 1.54) is 0 Å². The Labute approximate surface area is 833 Å². The minimum absolute atomic E-state index is 0. The minimum atomic E-state index is -1.14. The largest absolute Gasteiger partial charge is 1.00 e. The fourth-order valence-electron chi connectivity index (χ4n) is 15.8. The predicted molar refractivity (Wildman–Crippen MR) is 536 cm³/mol. The maximum Gasteiger partial charge on any atom is 1.00 e. The van der Waals surface area contributed by atoms with Crippen molar-refractivity contribution in [3.05, 3.63) is 296 Å². The zero-order valence-corrected chi connectivity index (χ0v) is 86.3. The van der Waals surface area contributed by atoms with E-state index in [9.17, 15) is 24.6 Å². The Morgan fingerprint density at radius 2 is 0.615 bits per heavy atom. The van der Waals surface area contributed by atoms with E-state index in [1.807, 2.05) is 306 Å². The van der Waals surface area contributed by atoms with Crippen molar-refractivity contribution in [2.24, 2.45) is 10.8 Å². The summed E-state index contributed by atoms with van der Waals surface area (Å²) in [6, 6.07) is 54.8. The summed E-state index contributed by atoms with van der Waals surface area (Å²) in [4.78, 5) is 69.4. The van der Waals surface area contributed by atoms with Crippen molar-refractivity contribution in [3.63, 3.8) is 0 Å². The summed E-state index contributed by atoms with van der Waals surface area (Å²) in [6.45, 7) is 44.8. The second-order valence-corrected chi connectivity index (χ2v) is 40.8. The fraction of sp³-hybridized carbons (Fsp3) is 0.333. The number of hydrogen-bond donors (Lipinski definition) is 2. The number of hydrogen-bond acceptors (Lipinski definition) is 18. The molecular formula is C108H119Cl4N10NaO12. The standard InChI is InChI=1S/C30H34ClN3O3.C28H34ClNO3.C25H24ClN3O3.C25H26ClN3O2.Na.H2O/c1-19-16-23-22(12-13-25(33-23)34-15-14-32-18-34)27(20-8-10-21(31)11-9-20)26(19)24(37-30(5,6)7)17-36-28(35)29(2,3)4;1-17-15-22-21(14-9-18(2)30-22)25(19-10-12-20(29)13-11-19)24(17)23(33-28(6,7)8)16-32-26(31)27(3,4)5;1-15-13-19-18(9-10-20(28-19)29-12-11-27-14-29)22(16-5-7-17(26)8-6-16)21(15)23(24(30)31)32-25(2,3)4;1-16-13-20-19(9-10-22(28-20)29-12-11-27-15-29)24(17-5-7-18(26)8-6-17)23(16)21(14-30)31-25(2,3)4;;/h8-16,18,24H,17H2,1-7H3;9-15,23H,16H2,1-8H3;5-14,23H,1-4H3,(H,30,31);5-13,15,21,30H,14H2,1-4H3;;1H2/q;;;;+1;/p-1/t24-;2*23-;21-;;/m1101../s1. The molecule has 4 atom stereocenters. The van der Waals surface area contributed by atoms with Crippen LogP contribution in [0, 0.1) is 45.4 Å². The zero-order valence-electron chi connectivity index (χ0n) is 81.3. The van der Waals surface area contributed by atoms with Gasteiger partial charge in [0.15, 0.2) is 6.10 Å². The molecular weight excluding hydrogens is 1790 g/mol. The summed E-state index contributed by atoms with van der Waals surface area (Å²) in [5.41, 5.74) is 16.1. The van der Waals surface area contributed by atoms with Gasteiger partial charge in [0, 0.05) is 90.1 Å². The number of ether oxygens (including phenoxy) is 6. The maximum absolute atomic E-state index is 12.7. The first-order chi connectivity index (χ1) is 62.5. The van der Waals surface area contributed by atoms with Gasteiger partial charge in [-0.25, -0.2) is 34.7 Å². The van der Waals surface area contributed by atoms with Crippen LogP contribution < -0.4 is 29.6 Å². The third-order valence-corrected chi connectivity index (χ3v) is 22.4. The molecule has 702 valence electrons. The molecule has 7 heterocycles. The van der Waals surface area contributed by atoms with E-state index in [2.05, 4.69) is 58.3 Å². The molecule has 0 amide bonds. The molecule has 0 fully saturated rings. The molecule has 0 saturated carbocycles. The number of aliphatic hydroxyl groups is 1. The Bertz CT molecular complexity index is 6640. The predicted octanol–water partition coefficient (Wildman–Crippen LogP) is 23.8. The minimum Gasteiger partial charge on any atom is -0.870 e. The molecule has 0 aliphatic heterocycles. The number of carbonyl (C=O) groups excluding carboxylic acids is 2. The van der Waals surface area contributed by atoms with Crippen LogP contribution in [0.2, 0.25) is 20.1 Å². The molecule has 22 nitrogen and oxygen atoms in total. The molecule has 8 aromatic carbocycles. The fourth-order valence-corrected chi connectivity index (χ4v) is 16.3. The van der Waals surface area contributed by atoms with Gasteiger partial charge in [-0.1, -0.05) is 101 Å². The monoisotopic (exact) mass is 1910 g/mol. The first-order valence-electron chi connectivity index (χ1n) is 44.1. The zero-order chi connectivity index (χ0) is 96.7. The van der Waals surface area contributed by atoms with Crippen molar-refractivity contribution in [3.8, 4) is 62.0 Å². The third kappa shape index (κ3) is 27.2. The number of halogens is 4. The number of aliphatic carboxylic acids is 1. The topological polar surface area (TPSA) is 282 Å². The molecule has 0 saturated heterocycles. The van der Waals surface area contributed by atoms with Crippen molar-refractivity contribution >= 4 is 108 Å². The van der Waals surface area contributed by atoms with Crippen LogP contribution in [-0.4, -0.2) is 124 Å². The second kappa shape index (κ2) is 44.2. The molecule has 15 aromatic rings. The van der Waals surface area contributed by atoms with E-state index in [0.29, 0.717) is 25.7 Å². The van der Waals surface area contributed by atoms with E-state index in [1.54, 1.807) is 49.7 Å². The van der Waals surface area contributed by atoms with Gasteiger partial charge < -0.3 is 44.1 Å². The van der Waals surface area contributed by atoms with Crippen LogP contribution in [0.1, 0.15) is 199 Å². The summed E-state index contributed by atoms with van der Waals surface area (Å²) >= 11 is 24.7. The molecule has 0 aliphatic rings. The molecule has 135 heavy (non-hydrogen) atoms. The molecule has 3 N–H and O–H groups in total. The van der Waals surface area contributed by atoms with Gasteiger partial charge in [0.05, 0.1) is 61.9 Å². The van der Waals surface area contributed by atoms with E-state index in [0.717, 1.165) is 150 Å². The molecule has 0 bridgehead atoms. The van der Waals surface area contributed by atoms with Gasteiger partial charge in [-0.05, 0) is 358 Å². The molecule has 0 spiro atoms. The normalized spacial score (nSPS) is 12.8. The average Bonchev–Trinajstić information content (AvgIpc) is 1.23. The Morgan fingerprint density at radius 1 is 0.356 bits per heavy atom. The molecule has 0 radical (unpaired) electrons. The number of imidazole rings is 3. The van der Waals surface area contributed by atoms with Crippen LogP contribution in [0.5, 0.6) is 0 Å². The van der Waals surface area contributed by atoms with Crippen LogP contribution in [0.4, 0.5) is 0 Å². The van der Waals surface area contributed by atoms with E-state index in [-0.39, 0.29) is 66.8 Å². The third-order valence-electron chi connectivity index (χ3n) is 21.4. The van der Waals surface area contributed by atoms with Crippen molar-refractivity contribution < 1.29 is 88.1 Å². The summed E-state index contributed by atoms with van der Waals surface area (Å²) < 4.78 is 42.5. The van der Waals surface area contributed by atoms with Crippen LogP contribution in [0.3, 0.4) is 0 Å². The van der Waals surface area contributed by atoms with Gasteiger partial charge in [0.1, 0.15) is 68.0 Å². The number of esters is 2. The van der Waals surface area contributed by atoms with Gasteiger partial charge in [-0.15, -0.1) is 0 Å². The summed E-state index contributed by atoms with van der Waals surface area (Å²) in [7, 11) is 0. The number of aromatic nitrogens is 10. The van der Waals surface area contributed by atoms with Gasteiger partial charge >= 0.3 is 47.5 Å². The van der Waals surface area contributed by atoms with Gasteiger partial charge in [-0.2, -0.15) is 0 Å². The molecule has 0 unspecified atom stereocenters. The van der Waals surface area contributed by atoms with E-state index < -0.39 is 63.6 Å². The first kappa shape index (κ1) is 106. The van der Waals surface area contributed by atoms with E-state index >= 15 is 0 Å². The Kier molecular flexibility index (Phi) is 34.9. The molecule has 0 aliphatic carbocycles. The number of benzene rings is 8. The Balaban J connectivity index is 0.000000186. The number of pyridine rings is 4. The number of aliphatic hydroxyl groups excluding tert-OH is 1. The Hall–Kier alpha value is -10.6. The number of carboxylic acids is 1. The van der Waals surface area contributed by atoms with Crippen LogP contribution in [0.15, 0.2) is 226 Å². The second-order valence-electron chi connectivity index (χ2n) is 39.1. The first-order valence-corrected chi connectivity index (χ1v) is 45.6. The Morgan fingerprint density at radius 3 is 0.874 bits per heavy atom.